The van der Waals surface area contributed by atoms with E-state index in [1.165, 1.54) is 7.11 Å². The Bertz CT molecular complexity index is 388. The molecular weight excluding hydrogens is 224 g/mol. The second-order valence-electron chi connectivity index (χ2n) is 3.46. The molecule has 0 saturated heterocycles. The molecular formula is C12H16O5. The van der Waals surface area contributed by atoms with Gasteiger partial charge in [-0.05, 0) is 24.6 Å². The highest BCUT2D eigenvalue weighted by molar-refractivity contribution is 5.67. The summed E-state index contributed by atoms with van der Waals surface area (Å²) >= 11 is 0. The Hall–Kier alpha value is -1.75. The van der Waals surface area contributed by atoms with E-state index in [4.69, 9.17) is 14.6 Å². The van der Waals surface area contributed by atoms with Crippen LogP contribution in [0.15, 0.2) is 18.2 Å². The number of ether oxygens (including phenoxy) is 2. The zero-order valence-electron chi connectivity index (χ0n) is 9.84. The van der Waals surface area contributed by atoms with Gasteiger partial charge in [0, 0.05) is 0 Å². The fourth-order valence-corrected chi connectivity index (χ4v) is 1.45. The van der Waals surface area contributed by atoms with Crippen LogP contribution in [-0.4, -0.2) is 29.9 Å². The van der Waals surface area contributed by atoms with E-state index in [1.54, 1.807) is 18.2 Å². The average molecular weight is 240 g/mol. The van der Waals surface area contributed by atoms with Crippen molar-refractivity contribution in [3.8, 4) is 11.5 Å². The maximum Gasteiger partial charge on any atom is 0.306 e. The van der Waals surface area contributed by atoms with Gasteiger partial charge in [0.15, 0.2) is 11.5 Å². The van der Waals surface area contributed by atoms with Crippen LogP contribution >= 0.6 is 0 Å². The Morgan fingerprint density at radius 1 is 1.41 bits per heavy atom. The number of methoxy groups -OCH3 is 1. The number of aliphatic carboxylic acids is 1. The molecule has 5 nitrogen and oxygen atoms in total. The molecule has 1 aromatic rings. The van der Waals surface area contributed by atoms with E-state index >= 15 is 0 Å². The van der Waals surface area contributed by atoms with E-state index < -0.39 is 12.1 Å². The third-order valence-electron chi connectivity index (χ3n) is 2.24. The number of benzene rings is 1. The van der Waals surface area contributed by atoms with E-state index in [2.05, 4.69) is 0 Å². The van der Waals surface area contributed by atoms with Gasteiger partial charge in [0.05, 0.1) is 26.2 Å². The first kappa shape index (κ1) is 13.3. The molecule has 2 N–H and O–H groups in total. The molecule has 0 aliphatic rings. The van der Waals surface area contributed by atoms with Crippen molar-refractivity contribution in [2.24, 2.45) is 0 Å². The van der Waals surface area contributed by atoms with Gasteiger partial charge in [-0.1, -0.05) is 6.07 Å². The van der Waals surface area contributed by atoms with Crippen LogP contribution < -0.4 is 9.47 Å². The summed E-state index contributed by atoms with van der Waals surface area (Å²) in [5, 5.41) is 18.3. The first-order valence-electron chi connectivity index (χ1n) is 5.29. The van der Waals surface area contributed by atoms with Crippen LogP contribution in [0.5, 0.6) is 11.5 Å². The van der Waals surface area contributed by atoms with Crippen molar-refractivity contribution in [1.82, 2.24) is 0 Å². The average Bonchev–Trinajstić information content (AvgIpc) is 2.28. The normalized spacial score (nSPS) is 11.9. The lowest BCUT2D eigenvalue weighted by atomic mass is 10.1. The molecule has 0 saturated carbocycles. The fourth-order valence-electron chi connectivity index (χ4n) is 1.45. The molecule has 0 bridgehead atoms. The van der Waals surface area contributed by atoms with E-state index in [0.29, 0.717) is 23.7 Å². The number of rotatable bonds is 6. The Morgan fingerprint density at radius 3 is 2.65 bits per heavy atom. The number of hydrogen-bond donors (Lipinski definition) is 2. The van der Waals surface area contributed by atoms with Gasteiger partial charge in [0.2, 0.25) is 0 Å². The summed E-state index contributed by atoms with van der Waals surface area (Å²) in [4.78, 5) is 10.5. The number of aliphatic hydroxyl groups excluding tert-OH is 1. The highest BCUT2D eigenvalue weighted by Gasteiger charge is 2.14. The van der Waals surface area contributed by atoms with Gasteiger partial charge >= 0.3 is 5.97 Å². The Kier molecular flexibility index (Phi) is 4.78. The predicted molar refractivity (Wildman–Crippen MR) is 61.4 cm³/mol. The summed E-state index contributed by atoms with van der Waals surface area (Å²) in [6, 6.07) is 4.86. The molecule has 0 aromatic heterocycles. The Morgan fingerprint density at radius 2 is 2.12 bits per heavy atom. The summed E-state index contributed by atoms with van der Waals surface area (Å²) in [7, 11) is 1.52. The second kappa shape index (κ2) is 6.10. The number of carboxylic acid groups (broad SMARTS) is 1. The minimum atomic E-state index is -1.05. The Balaban J connectivity index is 2.94. The number of hydrogen-bond acceptors (Lipinski definition) is 4. The summed E-state index contributed by atoms with van der Waals surface area (Å²) < 4.78 is 10.4. The summed E-state index contributed by atoms with van der Waals surface area (Å²) in [6.45, 7) is 2.30. The molecule has 0 aliphatic heterocycles. The van der Waals surface area contributed by atoms with Gasteiger partial charge in [-0.25, -0.2) is 0 Å². The van der Waals surface area contributed by atoms with Crippen molar-refractivity contribution >= 4 is 5.97 Å². The number of carbonyl (C=O) groups is 1. The van der Waals surface area contributed by atoms with Gasteiger partial charge in [-0.3, -0.25) is 4.79 Å². The maximum atomic E-state index is 10.5. The van der Waals surface area contributed by atoms with Gasteiger partial charge in [0.1, 0.15) is 0 Å². The van der Waals surface area contributed by atoms with Crippen molar-refractivity contribution in [3.63, 3.8) is 0 Å². The third kappa shape index (κ3) is 3.64. The Labute approximate surface area is 99.6 Å². The van der Waals surface area contributed by atoms with Crippen molar-refractivity contribution in [2.75, 3.05) is 13.7 Å². The number of aliphatic hydroxyl groups is 1. The second-order valence-corrected chi connectivity index (χ2v) is 3.46. The van der Waals surface area contributed by atoms with Crippen LogP contribution in [0.25, 0.3) is 0 Å². The largest absolute Gasteiger partial charge is 0.493 e. The van der Waals surface area contributed by atoms with E-state index in [1.807, 2.05) is 6.92 Å². The van der Waals surface area contributed by atoms with Crippen LogP contribution in [0.1, 0.15) is 25.0 Å². The summed E-state index contributed by atoms with van der Waals surface area (Å²) in [5.41, 5.74) is 0.497. The molecule has 0 amide bonds. The molecule has 0 aliphatic carbocycles. The molecule has 1 rings (SSSR count). The third-order valence-corrected chi connectivity index (χ3v) is 2.24. The lowest BCUT2D eigenvalue weighted by molar-refractivity contribution is -0.139. The fraction of sp³-hybridized carbons (Fsp3) is 0.417. The van der Waals surface area contributed by atoms with E-state index in [-0.39, 0.29) is 6.42 Å². The first-order valence-corrected chi connectivity index (χ1v) is 5.29. The van der Waals surface area contributed by atoms with Crippen LogP contribution in [0, 0.1) is 0 Å². The van der Waals surface area contributed by atoms with E-state index in [9.17, 15) is 9.90 Å². The minimum Gasteiger partial charge on any atom is -0.493 e. The van der Waals surface area contributed by atoms with E-state index in [0.717, 1.165) is 0 Å². The zero-order valence-corrected chi connectivity index (χ0v) is 9.84. The monoisotopic (exact) mass is 240 g/mol. The number of carboxylic acids is 1. The van der Waals surface area contributed by atoms with Gasteiger partial charge < -0.3 is 19.7 Å². The predicted octanol–water partition coefficient (Wildman–Crippen LogP) is 1.60. The molecule has 0 unspecified atom stereocenters. The van der Waals surface area contributed by atoms with Crippen LogP contribution in [0.3, 0.4) is 0 Å². The topological polar surface area (TPSA) is 76.0 Å². The molecule has 0 radical (unpaired) electrons. The van der Waals surface area contributed by atoms with Gasteiger partial charge in [-0.15, -0.1) is 0 Å². The van der Waals surface area contributed by atoms with Crippen molar-refractivity contribution < 1.29 is 24.5 Å². The quantitative estimate of drug-likeness (QED) is 0.789. The van der Waals surface area contributed by atoms with Gasteiger partial charge in [-0.2, -0.15) is 0 Å². The molecule has 0 heterocycles. The van der Waals surface area contributed by atoms with Crippen molar-refractivity contribution in [3.05, 3.63) is 23.8 Å². The van der Waals surface area contributed by atoms with Crippen molar-refractivity contribution in [2.45, 2.75) is 19.4 Å². The molecule has 1 atom stereocenters. The molecule has 0 spiro atoms. The highest BCUT2D eigenvalue weighted by atomic mass is 16.5. The molecule has 5 heteroatoms. The SMILES string of the molecule is CCOc1cc([C@H](O)CC(=O)O)ccc1OC. The standard InChI is InChI=1S/C12H16O5/c1-3-17-11-6-8(4-5-10(11)16-2)9(13)7-12(14)15/h4-6,9,13H,3,7H2,1-2H3,(H,14,15)/t9-/m1/s1. The molecule has 1 aromatic carbocycles. The summed E-state index contributed by atoms with van der Waals surface area (Å²) in [5.74, 6) is 0.00124. The molecule has 94 valence electrons. The maximum absolute atomic E-state index is 10.5. The molecule has 0 fully saturated rings. The highest BCUT2D eigenvalue weighted by Crippen LogP contribution is 2.31. The minimum absolute atomic E-state index is 0.335. The van der Waals surface area contributed by atoms with Crippen LogP contribution in [-0.2, 0) is 4.79 Å². The smallest absolute Gasteiger partial charge is 0.306 e. The first-order chi connectivity index (χ1) is 8.08. The van der Waals surface area contributed by atoms with Crippen LogP contribution in [0.4, 0.5) is 0 Å². The lowest BCUT2D eigenvalue weighted by Crippen LogP contribution is -2.06. The van der Waals surface area contributed by atoms with Crippen molar-refractivity contribution in [1.29, 1.82) is 0 Å². The van der Waals surface area contributed by atoms with Crippen LogP contribution in [0.2, 0.25) is 0 Å². The van der Waals surface area contributed by atoms with Gasteiger partial charge in [0.25, 0.3) is 0 Å². The lowest BCUT2D eigenvalue weighted by Gasteiger charge is -2.13. The molecule has 17 heavy (non-hydrogen) atoms. The zero-order chi connectivity index (χ0) is 12.8. The summed E-state index contributed by atoms with van der Waals surface area (Å²) in [6.07, 6.45) is -1.38.